The molecule has 0 aliphatic carbocycles. The van der Waals surface area contributed by atoms with E-state index in [-0.39, 0.29) is 11.7 Å². The molecule has 0 bridgehead atoms. The van der Waals surface area contributed by atoms with E-state index >= 15 is 0 Å². The Hall–Kier alpha value is -2.37. The van der Waals surface area contributed by atoms with Gasteiger partial charge in [-0.1, -0.05) is 0 Å². The first kappa shape index (κ1) is 9.83. The molecule has 0 spiro atoms. The van der Waals surface area contributed by atoms with Gasteiger partial charge in [-0.25, -0.2) is 14.8 Å². The van der Waals surface area contributed by atoms with Crippen molar-refractivity contribution < 1.29 is 9.90 Å². The first-order chi connectivity index (χ1) is 8.18. The number of imidazole rings is 1. The Bertz CT molecular complexity index is 605. The number of hydrogen-bond acceptors (Lipinski definition) is 4. The Morgan fingerprint density at radius 2 is 2.35 bits per heavy atom. The third-order valence-electron chi connectivity index (χ3n) is 2.80. The highest BCUT2D eigenvalue weighted by atomic mass is 16.4. The number of carboxylic acid groups (broad SMARTS) is 1. The summed E-state index contributed by atoms with van der Waals surface area (Å²) in [5, 5.41) is 12.3. The van der Waals surface area contributed by atoms with Crippen LogP contribution in [-0.4, -0.2) is 25.6 Å². The first-order valence-electron chi connectivity index (χ1n) is 5.21. The molecule has 0 unspecified atom stereocenters. The lowest BCUT2D eigenvalue weighted by Gasteiger charge is -2.25. The predicted octanol–water partition coefficient (Wildman–Crippen LogP) is 1.45. The molecule has 3 rings (SSSR count). The molecule has 0 saturated heterocycles. The summed E-state index contributed by atoms with van der Waals surface area (Å²) < 4.78 is 1.72. The van der Waals surface area contributed by atoms with Gasteiger partial charge in [-0.15, -0.1) is 0 Å². The average Bonchev–Trinajstić information content (AvgIpc) is 2.74. The number of hydrogen-bond donors (Lipinski definition) is 2. The molecule has 0 fully saturated rings. The van der Waals surface area contributed by atoms with Crippen LogP contribution in [0.1, 0.15) is 29.1 Å². The third kappa shape index (κ3) is 1.30. The molecule has 2 aromatic rings. The fourth-order valence-electron chi connectivity index (χ4n) is 2.11. The second kappa shape index (κ2) is 3.31. The maximum absolute atomic E-state index is 11.1. The lowest BCUT2D eigenvalue weighted by Crippen LogP contribution is -2.21. The highest BCUT2D eigenvalue weighted by Crippen LogP contribution is 2.32. The molecule has 1 aliphatic rings. The highest BCUT2D eigenvalue weighted by molar-refractivity contribution is 5.87. The normalized spacial score (nSPS) is 16.9. The Kier molecular flexibility index (Phi) is 1.91. The summed E-state index contributed by atoms with van der Waals surface area (Å²) in [5.41, 5.74) is 1.58. The minimum atomic E-state index is -1.02. The van der Waals surface area contributed by atoms with Gasteiger partial charge in [-0.05, 0) is 19.1 Å². The molecular weight excluding hydrogens is 220 g/mol. The second-order valence-electron chi connectivity index (χ2n) is 3.89. The average molecular weight is 230 g/mol. The van der Waals surface area contributed by atoms with Crippen LogP contribution in [-0.2, 0) is 0 Å². The van der Waals surface area contributed by atoms with Crippen LogP contribution in [0.25, 0.3) is 5.82 Å². The van der Waals surface area contributed by atoms with E-state index in [1.165, 1.54) is 6.33 Å². The van der Waals surface area contributed by atoms with Crippen LogP contribution >= 0.6 is 0 Å². The van der Waals surface area contributed by atoms with Gasteiger partial charge in [0.25, 0.3) is 0 Å². The van der Waals surface area contributed by atoms with Gasteiger partial charge in [0.2, 0.25) is 0 Å². The summed E-state index contributed by atoms with van der Waals surface area (Å²) in [6, 6.07) is 3.63. The zero-order valence-electron chi connectivity index (χ0n) is 9.08. The topological polar surface area (TPSA) is 80.0 Å². The summed E-state index contributed by atoms with van der Waals surface area (Å²) in [7, 11) is 0. The van der Waals surface area contributed by atoms with Gasteiger partial charge in [0, 0.05) is 6.20 Å². The van der Waals surface area contributed by atoms with Gasteiger partial charge < -0.3 is 10.4 Å². The number of aromatic carboxylic acids is 1. The Morgan fingerprint density at radius 1 is 1.53 bits per heavy atom. The summed E-state index contributed by atoms with van der Waals surface area (Å²) in [4.78, 5) is 19.2. The van der Waals surface area contributed by atoms with Gasteiger partial charge in [0.15, 0.2) is 11.5 Å². The van der Waals surface area contributed by atoms with E-state index in [4.69, 9.17) is 5.11 Å². The molecule has 17 heavy (non-hydrogen) atoms. The van der Waals surface area contributed by atoms with Crippen molar-refractivity contribution in [2.45, 2.75) is 13.0 Å². The van der Waals surface area contributed by atoms with E-state index in [0.29, 0.717) is 11.5 Å². The van der Waals surface area contributed by atoms with Crippen molar-refractivity contribution in [3.63, 3.8) is 0 Å². The van der Waals surface area contributed by atoms with Crippen LogP contribution in [0.2, 0.25) is 0 Å². The molecule has 0 radical (unpaired) electrons. The van der Waals surface area contributed by atoms with Crippen molar-refractivity contribution in [2.24, 2.45) is 0 Å². The largest absolute Gasteiger partial charge is 0.476 e. The number of nitrogens with zero attached hydrogens (tertiary/aromatic N) is 3. The van der Waals surface area contributed by atoms with Gasteiger partial charge >= 0.3 is 5.97 Å². The summed E-state index contributed by atoms with van der Waals surface area (Å²) in [6.45, 7) is 1.90. The van der Waals surface area contributed by atoms with E-state index in [9.17, 15) is 4.79 Å². The van der Waals surface area contributed by atoms with Crippen molar-refractivity contribution in [2.75, 3.05) is 5.32 Å². The maximum Gasteiger partial charge on any atom is 0.356 e. The minimum Gasteiger partial charge on any atom is -0.476 e. The number of anilines is 1. The van der Waals surface area contributed by atoms with Crippen molar-refractivity contribution >= 4 is 11.7 Å². The molecule has 86 valence electrons. The number of aromatic nitrogens is 3. The van der Waals surface area contributed by atoms with Gasteiger partial charge in [0.05, 0.1) is 17.4 Å². The second-order valence-corrected chi connectivity index (χ2v) is 3.89. The Balaban J connectivity index is 2.27. The van der Waals surface area contributed by atoms with Crippen LogP contribution in [0.15, 0.2) is 24.7 Å². The van der Waals surface area contributed by atoms with Crippen LogP contribution in [0.5, 0.6) is 0 Å². The number of nitrogens with one attached hydrogen (secondary N) is 1. The van der Waals surface area contributed by atoms with Gasteiger partial charge in [0.1, 0.15) is 6.33 Å². The van der Waals surface area contributed by atoms with Crippen molar-refractivity contribution in [3.05, 3.63) is 36.0 Å². The van der Waals surface area contributed by atoms with Crippen LogP contribution in [0.4, 0.5) is 5.69 Å². The lowest BCUT2D eigenvalue weighted by molar-refractivity contribution is 0.0689. The maximum atomic E-state index is 11.1. The molecule has 1 aliphatic heterocycles. The van der Waals surface area contributed by atoms with E-state index in [1.807, 2.05) is 19.1 Å². The molecule has 1 atom stereocenters. The molecule has 6 nitrogen and oxygen atoms in total. The van der Waals surface area contributed by atoms with Crippen molar-refractivity contribution in [1.29, 1.82) is 0 Å². The zero-order valence-corrected chi connectivity index (χ0v) is 9.08. The molecular formula is C11H10N4O2. The number of carboxylic acids is 1. The fraction of sp³-hybridized carbons (Fsp3) is 0.182. The SMILES string of the molecule is C[C@@H]1Nc2cccnc2-n2cnc(C(=O)O)c21. The van der Waals surface area contributed by atoms with E-state index in [0.717, 1.165) is 5.69 Å². The number of pyridine rings is 1. The van der Waals surface area contributed by atoms with Crippen molar-refractivity contribution in [3.8, 4) is 5.82 Å². The molecule has 2 N–H and O–H groups in total. The Labute approximate surface area is 96.9 Å². The van der Waals surface area contributed by atoms with E-state index in [1.54, 1.807) is 10.8 Å². The minimum absolute atomic E-state index is 0.0707. The molecule has 6 heteroatoms. The Morgan fingerprint density at radius 3 is 3.12 bits per heavy atom. The number of carbonyl (C=O) groups is 1. The summed E-state index contributed by atoms with van der Waals surface area (Å²) in [5.74, 6) is -0.340. The fourth-order valence-corrected chi connectivity index (χ4v) is 2.11. The monoisotopic (exact) mass is 230 g/mol. The lowest BCUT2D eigenvalue weighted by atomic mass is 10.1. The summed E-state index contributed by atoms with van der Waals surface area (Å²) in [6.07, 6.45) is 3.17. The third-order valence-corrected chi connectivity index (χ3v) is 2.80. The predicted molar refractivity (Wildman–Crippen MR) is 60.4 cm³/mol. The molecule has 2 aromatic heterocycles. The molecule has 0 aromatic carbocycles. The summed E-state index contributed by atoms with van der Waals surface area (Å²) >= 11 is 0. The smallest absolute Gasteiger partial charge is 0.356 e. The number of rotatable bonds is 1. The standard InChI is InChI=1S/C11H10N4O2/c1-6-9-8(11(16)17)13-5-15(9)10-7(14-6)3-2-4-12-10/h2-6,14H,1H3,(H,16,17)/t6-/m0/s1. The zero-order chi connectivity index (χ0) is 12.0. The van der Waals surface area contributed by atoms with Gasteiger partial charge in [-0.3, -0.25) is 4.57 Å². The first-order valence-corrected chi connectivity index (χ1v) is 5.21. The number of fused-ring (bicyclic) bond motifs is 3. The van der Waals surface area contributed by atoms with Crippen LogP contribution < -0.4 is 5.32 Å². The van der Waals surface area contributed by atoms with Gasteiger partial charge in [-0.2, -0.15) is 0 Å². The highest BCUT2D eigenvalue weighted by Gasteiger charge is 2.28. The van der Waals surface area contributed by atoms with E-state index in [2.05, 4.69) is 15.3 Å². The van der Waals surface area contributed by atoms with Crippen LogP contribution in [0, 0.1) is 0 Å². The molecule has 3 heterocycles. The molecule has 0 saturated carbocycles. The van der Waals surface area contributed by atoms with E-state index < -0.39 is 5.97 Å². The quantitative estimate of drug-likeness (QED) is 0.775. The van der Waals surface area contributed by atoms with Crippen LogP contribution in [0.3, 0.4) is 0 Å². The van der Waals surface area contributed by atoms with Crippen molar-refractivity contribution in [1.82, 2.24) is 14.5 Å². The molecule has 0 amide bonds.